The lowest BCUT2D eigenvalue weighted by molar-refractivity contribution is 0.911. The van der Waals surface area contributed by atoms with Crippen LogP contribution >= 0.6 is 23.1 Å². The molecule has 1 aromatic carbocycles. The van der Waals surface area contributed by atoms with E-state index in [1.807, 2.05) is 11.8 Å². The number of thioether (sulfide) groups is 1. The van der Waals surface area contributed by atoms with Crippen LogP contribution in [0.25, 0.3) is 10.2 Å². The van der Waals surface area contributed by atoms with E-state index < -0.39 is 0 Å². The molecule has 92 valence electrons. The third-order valence-electron chi connectivity index (χ3n) is 2.49. The second-order valence-electron chi connectivity index (χ2n) is 4.20. The quantitative estimate of drug-likeness (QED) is 0.879. The van der Waals surface area contributed by atoms with Gasteiger partial charge in [0, 0.05) is 11.8 Å². The zero-order chi connectivity index (χ0) is 12.3. The van der Waals surface area contributed by atoms with Gasteiger partial charge in [-0.15, -0.1) is 0 Å². The van der Waals surface area contributed by atoms with Crippen molar-refractivity contribution in [3.63, 3.8) is 0 Å². The van der Waals surface area contributed by atoms with Crippen LogP contribution in [0.5, 0.6) is 0 Å². The van der Waals surface area contributed by atoms with Crippen LogP contribution in [0.4, 0.5) is 5.13 Å². The Morgan fingerprint density at radius 1 is 1.47 bits per heavy atom. The van der Waals surface area contributed by atoms with Gasteiger partial charge in [-0.3, -0.25) is 0 Å². The van der Waals surface area contributed by atoms with E-state index >= 15 is 0 Å². The molecule has 0 aliphatic carbocycles. The smallest absolute Gasteiger partial charge is 0.184 e. The predicted octanol–water partition coefficient (Wildman–Crippen LogP) is 4.16. The molecule has 2 nitrogen and oxygen atoms in total. The molecule has 1 heterocycles. The Balaban J connectivity index is 2.08. The zero-order valence-corrected chi connectivity index (χ0v) is 12.1. The van der Waals surface area contributed by atoms with Crippen LogP contribution in [-0.4, -0.2) is 22.5 Å². The number of aromatic nitrogens is 1. The van der Waals surface area contributed by atoms with Crippen molar-refractivity contribution >= 4 is 38.4 Å². The molecule has 2 rings (SSSR count). The maximum atomic E-state index is 4.60. The van der Waals surface area contributed by atoms with Gasteiger partial charge < -0.3 is 5.32 Å². The number of aryl methyl sites for hydroxylation is 1. The number of rotatable bonds is 5. The Hall–Kier alpha value is -0.740. The van der Waals surface area contributed by atoms with E-state index in [0.29, 0.717) is 6.04 Å². The number of fused-ring (bicyclic) bond motifs is 1. The molecular formula is C13H18N2S2. The second-order valence-corrected chi connectivity index (χ2v) is 6.54. The van der Waals surface area contributed by atoms with Crippen LogP contribution in [0.15, 0.2) is 18.2 Å². The lowest BCUT2D eigenvalue weighted by Gasteiger charge is -2.11. The van der Waals surface area contributed by atoms with Crippen LogP contribution in [0, 0.1) is 6.92 Å². The van der Waals surface area contributed by atoms with Crippen LogP contribution in [-0.2, 0) is 0 Å². The van der Waals surface area contributed by atoms with Crippen molar-refractivity contribution in [2.75, 3.05) is 16.8 Å². The largest absolute Gasteiger partial charge is 0.358 e. The highest BCUT2D eigenvalue weighted by Gasteiger charge is 2.07. The van der Waals surface area contributed by atoms with Crippen LogP contribution in [0.1, 0.15) is 19.4 Å². The standard InChI is InChI=1S/C13H18N2S2/c1-4-16-8-10(3)14-13-15-11-6-5-9(2)7-12(11)17-13/h5-7,10H,4,8H2,1-3H3,(H,14,15). The monoisotopic (exact) mass is 266 g/mol. The first kappa shape index (κ1) is 12.7. The highest BCUT2D eigenvalue weighted by Crippen LogP contribution is 2.27. The summed E-state index contributed by atoms with van der Waals surface area (Å²) in [4.78, 5) is 4.60. The van der Waals surface area contributed by atoms with Gasteiger partial charge in [-0.05, 0) is 37.3 Å². The fourth-order valence-corrected chi connectivity index (χ4v) is 3.39. The van der Waals surface area contributed by atoms with E-state index in [0.717, 1.165) is 16.4 Å². The van der Waals surface area contributed by atoms with E-state index in [2.05, 4.69) is 49.3 Å². The number of hydrogen-bond acceptors (Lipinski definition) is 4. The van der Waals surface area contributed by atoms with Gasteiger partial charge >= 0.3 is 0 Å². The van der Waals surface area contributed by atoms with Gasteiger partial charge in [0.1, 0.15) is 0 Å². The maximum Gasteiger partial charge on any atom is 0.184 e. The third kappa shape index (κ3) is 3.36. The molecule has 0 spiro atoms. The number of thiazole rings is 1. The maximum absolute atomic E-state index is 4.60. The van der Waals surface area contributed by atoms with E-state index in [9.17, 15) is 0 Å². The summed E-state index contributed by atoms with van der Waals surface area (Å²) in [6.07, 6.45) is 0. The van der Waals surface area contributed by atoms with Crippen LogP contribution in [0.3, 0.4) is 0 Å². The van der Waals surface area contributed by atoms with Gasteiger partial charge in [0.05, 0.1) is 10.2 Å². The van der Waals surface area contributed by atoms with Crippen molar-refractivity contribution < 1.29 is 0 Å². The summed E-state index contributed by atoms with van der Waals surface area (Å²) < 4.78 is 1.27. The lowest BCUT2D eigenvalue weighted by Crippen LogP contribution is -2.17. The Labute approximate surface area is 111 Å². The normalized spacial score (nSPS) is 12.9. The number of nitrogens with zero attached hydrogens (tertiary/aromatic N) is 1. The molecule has 0 saturated carbocycles. The van der Waals surface area contributed by atoms with Crippen molar-refractivity contribution in [1.29, 1.82) is 0 Å². The minimum atomic E-state index is 0.474. The number of anilines is 1. The van der Waals surface area contributed by atoms with Gasteiger partial charge in [-0.2, -0.15) is 11.8 Å². The Kier molecular flexibility index (Phi) is 4.29. The average Bonchev–Trinajstić information content (AvgIpc) is 2.67. The Morgan fingerprint density at radius 2 is 2.29 bits per heavy atom. The molecule has 4 heteroatoms. The van der Waals surface area contributed by atoms with E-state index in [-0.39, 0.29) is 0 Å². The molecule has 2 aromatic rings. The first-order valence-corrected chi connectivity index (χ1v) is 7.87. The Bertz CT molecular complexity index is 493. The van der Waals surface area contributed by atoms with Gasteiger partial charge in [-0.1, -0.05) is 24.3 Å². The molecule has 0 aliphatic heterocycles. The summed E-state index contributed by atoms with van der Waals surface area (Å²) in [5, 5.41) is 4.51. The first-order chi connectivity index (χ1) is 8.19. The minimum absolute atomic E-state index is 0.474. The van der Waals surface area contributed by atoms with Crippen molar-refractivity contribution in [3.8, 4) is 0 Å². The summed E-state index contributed by atoms with van der Waals surface area (Å²) in [6, 6.07) is 6.88. The molecule has 1 aromatic heterocycles. The van der Waals surface area contributed by atoms with Crippen molar-refractivity contribution in [1.82, 2.24) is 4.98 Å². The van der Waals surface area contributed by atoms with Crippen molar-refractivity contribution in [2.45, 2.75) is 26.8 Å². The highest BCUT2D eigenvalue weighted by molar-refractivity contribution is 7.99. The van der Waals surface area contributed by atoms with E-state index in [1.165, 1.54) is 16.0 Å². The summed E-state index contributed by atoms with van der Waals surface area (Å²) in [6.45, 7) is 6.52. The molecule has 17 heavy (non-hydrogen) atoms. The molecule has 0 amide bonds. The predicted molar refractivity (Wildman–Crippen MR) is 80.4 cm³/mol. The van der Waals surface area contributed by atoms with Crippen molar-refractivity contribution in [2.24, 2.45) is 0 Å². The molecule has 0 fully saturated rings. The van der Waals surface area contributed by atoms with Crippen LogP contribution in [0.2, 0.25) is 0 Å². The summed E-state index contributed by atoms with van der Waals surface area (Å²) >= 11 is 3.70. The molecule has 1 unspecified atom stereocenters. The van der Waals surface area contributed by atoms with Gasteiger partial charge in [0.25, 0.3) is 0 Å². The Morgan fingerprint density at radius 3 is 3.06 bits per heavy atom. The summed E-state index contributed by atoms with van der Waals surface area (Å²) in [7, 11) is 0. The number of benzene rings is 1. The average molecular weight is 266 g/mol. The highest BCUT2D eigenvalue weighted by atomic mass is 32.2. The summed E-state index contributed by atoms with van der Waals surface area (Å²) in [5.41, 5.74) is 2.39. The first-order valence-electron chi connectivity index (χ1n) is 5.90. The van der Waals surface area contributed by atoms with Crippen molar-refractivity contribution in [3.05, 3.63) is 23.8 Å². The molecule has 1 atom stereocenters. The van der Waals surface area contributed by atoms with Gasteiger partial charge in [0.15, 0.2) is 5.13 Å². The second kappa shape index (κ2) is 5.74. The molecule has 1 N–H and O–H groups in total. The number of nitrogens with one attached hydrogen (secondary N) is 1. The fraction of sp³-hybridized carbons (Fsp3) is 0.462. The molecule has 0 bridgehead atoms. The minimum Gasteiger partial charge on any atom is -0.358 e. The molecule has 0 aliphatic rings. The zero-order valence-electron chi connectivity index (χ0n) is 10.5. The molecule has 0 saturated heterocycles. The fourth-order valence-electron chi connectivity index (χ4n) is 1.64. The molecule has 0 radical (unpaired) electrons. The van der Waals surface area contributed by atoms with E-state index in [1.54, 1.807) is 11.3 Å². The SMILES string of the molecule is CCSCC(C)Nc1nc2ccc(C)cc2s1. The van der Waals surface area contributed by atoms with Gasteiger partial charge in [0.2, 0.25) is 0 Å². The lowest BCUT2D eigenvalue weighted by atomic mass is 10.2. The number of hydrogen-bond donors (Lipinski definition) is 1. The van der Waals surface area contributed by atoms with Gasteiger partial charge in [-0.25, -0.2) is 4.98 Å². The molecular weight excluding hydrogens is 248 g/mol. The van der Waals surface area contributed by atoms with Crippen LogP contribution < -0.4 is 5.32 Å². The topological polar surface area (TPSA) is 24.9 Å². The van der Waals surface area contributed by atoms with E-state index in [4.69, 9.17) is 0 Å². The summed E-state index contributed by atoms with van der Waals surface area (Å²) in [5.74, 6) is 2.30. The third-order valence-corrected chi connectivity index (χ3v) is 4.58.